The van der Waals surface area contributed by atoms with Crippen LogP contribution in [0.5, 0.6) is 0 Å². The van der Waals surface area contributed by atoms with Gasteiger partial charge in [-0.05, 0) is 48.5 Å². The third kappa shape index (κ3) is 5.02. The molecule has 1 heterocycles. The van der Waals surface area contributed by atoms with Crippen molar-refractivity contribution in [2.45, 2.75) is 0 Å². The smallest absolute Gasteiger partial charge is 0.237 e. The molecule has 0 aliphatic carbocycles. The van der Waals surface area contributed by atoms with Gasteiger partial charge in [-0.3, -0.25) is 4.90 Å². The fourth-order valence-corrected chi connectivity index (χ4v) is 2.38. The van der Waals surface area contributed by atoms with E-state index >= 15 is 0 Å². The van der Waals surface area contributed by atoms with Crippen LogP contribution in [0, 0.1) is 0 Å². The van der Waals surface area contributed by atoms with Gasteiger partial charge in [0, 0.05) is 22.7 Å². The first-order valence-electron chi connectivity index (χ1n) is 8.37. The summed E-state index contributed by atoms with van der Waals surface area (Å²) in [5, 5.41) is 0. The highest BCUT2D eigenvalue weighted by atomic mass is 15.3. The van der Waals surface area contributed by atoms with Gasteiger partial charge in [-0.25, -0.2) is 15.0 Å². The van der Waals surface area contributed by atoms with Crippen LogP contribution >= 0.6 is 0 Å². The van der Waals surface area contributed by atoms with E-state index in [1.54, 1.807) is 24.3 Å². The Kier molecular flexibility index (Phi) is 5.93. The lowest BCUT2D eigenvalue weighted by Crippen LogP contribution is -2.13. The van der Waals surface area contributed by atoms with Crippen LogP contribution in [-0.2, 0) is 0 Å². The van der Waals surface area contributed by atoms with Crippen molar-refractivity contribution >= 4 is 28.7 Å². The molecule has 0 bridgehead atoms. The highest BCUT2D eigenvalue weighted by Crippen LogP contribution is 2.30. The first-order chi connectivity index (χ1) is 13.2. The molecule has 27 heavy (non-hydrogen) atoms. The van der Waals surface area contributed by atoms with E-state index in [0.717, 1.165) is 22.7 Å². The molecule has 4 rings (SSSR count). The first-order valence-corrected chi connectivity index (χ1v) is 8.37. The van der Waals surface area contributed by atoms with Gasteiger partial charge in [-0.2, -0.15) is 0 Å². The van der Waals surface area contributed by atoms with Crippen molar-refractivity contribution in [2.75, 3.05) is 16.4 Å². The fraction of sp³-hybridized carbons (Fsp3) is 0. The number of nitrogen functional groups attached to an aromatic ring is 2. The van der Waals surface area contributed by atoms with E-state index in [-0.39, 0.29) is 0 Å². The Labute approximate surface area is 158 Å². The molecule has 0 aliphatic rings. The van der Waals surface area contributed by atoms with Gasteiger partial charge in [-0.1, -0.05) is 36.4 Å². The summed E-state index contributed by atoms with van der Waals surface area (Å²) >= 11 is 0. The van der Waals surface area contributed by atoms with E-state index in [1.165, 1.54) is 12.7 Å². The zero-order chi connectivity index (χ0) is 18.9. The minimum atomic E-state index is 0.604. The molecule has 134 valence electrons. The summed E-state index contributed by atoms with van der Waals surface area (Å²) < 4.78 is 0. The van der Waals surface area contributed by atoms with Gasteiger partial charge in [0.15, 0.2) is 0 Å². The fourth-order valence-electron chi connectivity index (χ4n) is 2.38. The number of benzene rings is 3. The molecule has 4 aromatic rings. The van der Waals surface area contributed by atoms with E-state index in [2.05, 4.69) is 15.0 Å². The quantitative estimate of drug-likeness (QED) is 0.535. The number of nitrogens with zero attached hydrogens (tertiary/aromatic N) is 4. The maximum atomic E-state index is 5.37. The molecule has 0 radical (unpaired) electrons. The van der Waals surface area contributed by atoms with Crippen LogP contribution in [0.1, 0.15) is 0 Å². The van der Waals surface area contributed by atoms with E-state index in [0.29, 0.717) is 5.95 Å². The Morgan fingerprint density at radius 3 is 1.37 bits per heavy atom. The summed E-state index contributed by atoms with van der Waals surface area (Å²) in [7, 11) is 0. The van der Waals surface area contributed by atoms with Gasteiger partial charge in [0.2, 0.25) is 5.95 Å². The third-order valence-corrected chi connectivity index (χ3v) is 3.64. The first kappa shape index (κ1) is 17.9. The molecule has 0 aliphatic heterocycles. The third-order valence-electron chi connectivity index (χ3n) is 3.64. The van der Waals surface area contributed by atoms with Crippen molar-refractivity contribution in [3.05, 3.63) is 97.6 Å². The minimum Gasteiger partial charge on any atom is -0.399 e. The highest BCUT2D eigenvalue weighted by molar-refractivity contribution is 5.71. The Morgan fingerprint density at radius 2 is 0.963 bits per heavy atom. The maximum absolute atomic E-state index is 5.37. The van der Waals surface area contributed by atoms with Crippen molar-refractivity contribution in [1.82, 2.24) is 15.0 Å². The predicted octanol–water partition coefficient (Wildman–Crippen LogP) is 4.19. The molecule has 0 saturated carbocycles. The van der Waals surface area contributed by atoms with Gasteiger partial charge in [0.05, 0.1) is 0 Å². The molecule has 0 spiro atoms. The van der Waals surface area contributed by atoms with Crippen LogP contribution in [0.3, 0.4) is 0 Å². The molecule has 1 aromatic heterocycles. The molecule has 3 aromatic carbocycles. The van der Waals surface area contributed by atoms with Gasteiger partial charge >= 0.3 is 0 Å². The number of hydrogen-bond acceptors (Lipinski definition) is 6. The summed E-state index contributed by atoms with van der Waals surface area (Å²) in [5.74, 6) is 0.604. The number of anilines is 5. The average molecular weight is 356 g/mol. The summed E-state index contributed by atoms with van der Waals surface area (Å²) in [6, 6.07) is 27.1. The monoisotopic (exact) mass is 356 g/mol. The van der Waals surface area contributed by atoms with E-state index in [1.807, 2.05) is 65.6 Å². The van der Waals surface area contributed by atoms with Crippen LogP contribution in [0.15, 0.2) is 97.6 Å². The average Bonchev–Trinajstić information content (AvgIpc) is 2.73. The van der Waals surface area contributed by atoms with Crippen LogP contribution in [0.4, 0.5) is 28.7 Å². The molecule has 0 saturated heterocycles. The Bertz CT molecular complexity index is 814. The number of para-hydroxylation sites is 2. The minimum absolute atomic E-state index is 0.604. The Morgan fingerprint density at radius 1 is 0.556 bits per heavy atom. The van der Waals surface area contributed by atoms with Gasteiger partial charge in [0.25, 0.3) is 0 Å². The lowest BCUT2D eigenvalue weighted by molar-refractivity contribution is 1.01. The van der Waals surface area contributed by atoms with Crippen molar-refractivity contribution in [3.63, 3.8) is 0 Å². The molecule has 0 unspecified atom stereocenters. The Balaban J connectivity index is 0.000000221. The summed E-state index contributed by atoms with van der Waals surface area (Å²) in [4.78, 5) is 14.3. The van der Waals surface area contributed by atoms with E-state index in [9.17, 15) is 0 Å². The molecule has 6 heteroatoms. The van der Waals surface area contributed by atoms with Crippen LogP contribution in [0.25, 0.3) is 0 Å². The summed E-state index contributed by atoms with van der Waals surface area (Å²) in [5.41, 5.74) is 14.3. The van der Waals surface area contributed by atoms with Crippen LogP contribution in [-0.4, -0.2) is 15.0 Å². The highest BCUT2D eigenvalue weighted by Gasteiger charge is 2.13. The van der Waals surface area contributed by atoms with E-state index < -0.39 is 0 Å². The van der Waals surface area contributed by atoms with Gasteiger partial charge in [-0.15, -0.1) is 0 Å². The SMILES string of the molecule is Nc1ccc(N)cc1.c1ccc(N(c2ccccc2)c2ncncn2)cc1. The second kappa shape index (κ2) is 8.96. The van der Waals surface area contributed by atoms with Crippen molar-refractivity contribution in [1.29, 1.82) is 0 Å². The zero-order valence-corrected chi connectivity index (χ0v) is 14.7. The van der Waals surface area contributed by atoms with Crippen LogP contribution < -0.4 is 16.4 Å². The van der Waals surface area contributed by atoms with Crippen LogP contribution in [0.2, 0.25) is 0 Å². The number of rotatable bonds is 3. The standard InChI is InChI=1S/C15H12N4.C6H8N2/c1-3-7-13(8-4-1)19(14-9-5-2-6-10-14)15-17-11-16-12-18-15;7-5-1-2-6(8)4-3-5/h1-12H;1-4H,7-8H2. The normalized spacial score (nSPS) is 9.78. The molecular formula is C21H20N6. The lowest BCUT2D eigenvalue weighted by atomic mass is 10.2. The van der Waals surface area contributed by atoms with Crippen molar-refractivity contribution in [2.24, 2.45) is 0 Å². The second-order valence-electron chi connectivity index (χ2n) is 5.61. The largest absolute Gasteiger partial charge is 0.399 e. The number of nitrogens with two attached hydrogens (primary N) is 2. The number of aromatic nitrogens is 3. The van der Waals surface area contributed by atoms with Crippen molar-refractivity contribution in [3.8, 4) is 0 Å². The van der Waals surface area contributed by atoms with Crippen molar-refractivity contribution < 1.29 is 0 Å². The number of hydrogen-bond donors (Lipinski definition) is 2. The molecule has 0 fully saturated rings. The molecule has 0 atom stereocenters. The van der Waals surface area contributed by atoms with E-state index in [4.69, 9.17) is 11.5 Å². The summed E-state index contributed by atoms with van der Waals surface area (Å²) in [6.45, 7) is 0. The predicted molar refractivity (Wildman–Crippen MR) is 110 cm³/mol. The molecule has 0 amide bonds. The molecular weight excluding hydrogens is 336 g/mol. The molecule has 6 nitrogen and oxygen atoms in total. The second-order valence-corrected chi connectivity index (χ2v) is 5.61. The lowest BCUT2D eigenvalue weighted by Gasteiger charge is -2.22. The Hall–Kier alpha value is -3.93. The van der Waals surface area contributed by atoms with Gasteiger partial charge < -0.3 is 11.5 Å². The topological polar surface area (TPSA) is 94.0 Å². The molecule has 4 N–H and O–H groups in total. The zero-order valence-electron chi connectivity index (χ0n) is 14.7. The van der Waals surface area contributed by atoms with Gasteiger partial charge in [0.1, 0.15) is 12.7 Å². The summed E-state index contributed by atoms with van der Waals surface area (Å²) in [6.07, 6.45) is 3.00. The maximum Gasteiger partial charge on any atom is 0.237 e.